The van der Waals surface area contributed by atoms with Crippen LogP contribution in [0.1, 0.15) is 0 Å². The summed E-state index contributed by atoms with van der Waals surface area (Å²) in [6.45, 7) is 0. The van der Waals surface area contributed by atoms with E-state index in [1.165, 1.54) is 86.2 Å². The molecule has 4 nitrogen and oxygen atoms in total. The molecule has 0 saturated heterocycles. The van der Waals surface area contributed by atoms with E-state index >= 15 is 0 Å². The van der Waals surface area contributed by atoms with Crippen LogP contribution in [-0.4, -0.2) is 0 Å². The molecule has 0 aliphatic heterocycles. The van der Waals surface area contributed by atoms with Gasteiger partial charge < -0.3 is 19.6 Å². The van der Waals surface area contributed by atoms with E-state index in [2.05, 4.69) is 396 Å². The molecule has 18 rings (SSSR count). The maximum atomic E-state index is 2.44. The molecule has 96 heavy (non-hydrogen) atoms. The van der Waals surface area contributed by atoms with Crippen LogP contribution in [0.25, 0.3) is 97.3 Å². The fourth-order valence-corrected chi connectivity index (χ4v) is 14.8. The molecule has 0 aliphatic rings. The Kier molecular flexibility index (Phi) is 13.8. The molecule has 0 aromatic heterocycles. The molecule has 0 fully saturated rings. The lowest BCUT2D eigenvalue weighted by Gasteiger charge is -2.30. The molecule has 0 heterocycles. The van der Waals surface area contributed by atoms with E-state index in [1.807, 2.05) is 0 Å². The van der Waals surface area contributed by atoms with E-state index in [0.29, 0.717) is 0 Å². The minimum Gasteiger partial charge on any atom is -0.310 e. The summed E-state index contributed by atoms with van der Waals surface area (Å²) in [4.78, 5) is 9.73. The third-order valence-electron chi connectivity index (χ3n) is 19.3. The minimum absolute atomic E-state index is 1.05. The summed E-state index contributed by atoms with van der Waals surface area (Å²) in [5.74, 6) is 0. The molecule has 18 aromatic carbocycles. The highest BCUT2D eigenvalue weighted by atomic mass is 15.2. The van der Waals surface area contributed by atoms with Crippen molar-refractivity contribution < 1.29 is 0 Å². The maximum absolute atomic E-state index is 2.44. The molecule has 0 spiro atoms. The SMILES string of the molecule is c1ccc2c(N(c3ccc(N(c4ccc(-c5ccc(N(c6ccc(N(c7cccc8ccccc78)c7cccc8ccccc78)cc6)c6cc7ccccc7c7ccccc67)cc5)cc4)c4cc5ccccc5c5ccccc45)cc3)c3cccc4ccccc34)cccc2c1. The van der Waals surface area contributed by atoms with Gasteiger partial charge in [0.25, 0.3) is 0 Å². The topological polar surface area (TPSA) is 13.0 Å². The van der Waals surface area contributed by atoms with Crippen molar-refractivity contribution in [3.63, 3.8) is 0 Å². The van der Waals surface area contributed by atoms with E-state index in [9.17, 15) is 0 Å². The van der Waals surface area contributed by atoms with Crippen LogP contribution in [0.2, 0.25) is 0 Å². The zero-order chi connectivity index (χ0) is 63.5. The van der Waals surface area contributed by atoms with Gasteiger partial charge >= 0.3 is 0 Å². The Balaban J connectivity index is 0.745. The van der Waals surface area contributed by atoms with Gasteiger partial charge in [-0.2, -0.15) is 0 Å². The molecule has 0 bridgehead atoms. The third-order valence-corrected chi connectivity index (χ3v) is 19.3. The van der Waals surface area contributed by atoms with Crippen LogP contribution in [0.15, 0.2) is 376 Å². The number of hydrogen-bond acceptors (Lipinski definition) is 4. The quantitative estimate of drug-likeness (QED) is 0.107. The highest BCUT2D eigenvalue weighted by Gasteiger charge is 2.24. The average Bonchev–Trinajstić information content (AvgIpc) is 0.771. The average molecular weight is 1220 g/mol. The predicted octanol–water partition coefficient (Wildman–Crippen LogP) is 26.5. The molecule has 0 unspecified atom stereocenters. The largest absolute Gasteiger partial charge is 0.310 e. The summed E-state index contributed by atoms with van der Waals surface area (Å²) >= 11 is 0. The van der Waals surface area contributed by atoms with Gasteiger partial charge in [0.15, 0.2) is 0 Å². The van der Waals surface area contributed by atoms with Crippen LogP contribution < -0.4 is 19.6 Å². The monoisotopic (exact) mass is 1220 g/mol. The van der Waals surface area contributed by atoms with Crippen LogP contribution in [-0.2, 0) is 0 Å². The minimum atomic E-state index is 1.05. The molecule has 0 saturated carbocycles. The van der Waals surface area contributed by atoms with E-state index < -0.39 is 0 Å². The van der Waals surface area contributed by atoms with Crippen LogP contribution in [0.4, 0.5) is 68.2 Å². The van der Waals surface area contributed by atoms with Gasteiger partial charge in [0.05, 0.1) is 34.1 Å². The first-order valence-electron chi connectivity index (χ1n) is 33.0. The number of anilines is 12. The standard InChI is InChI=1S/C92H62N4/c1-9-33-79-65(21-1)27-17-41-87(79)95(88-42-18-28-66-22-2-10-34-80(66)88)75-57-53-73(54-58-75)93(91-61-69-25-5-7-31-77(69)83-37-13-15-39-85(83)91)71-49-45-63(46-50-71)64-47-51-72(52-48-64)94(92-62-70-26-6-8-32-78(70)84-38-14-16-40-86(84)92)74-55-59-76(60-56-74)96(89-43-19-29-67-23-3-11-35-81(67)89)90-44-20-30-68-24-4-12-36-82(68)90/h1-62H. The molecular formula is C92H62N4. The van der Waals surface area contributed by atoms with Crippen LogP contribution >= 0.6 is 0 Å². The smallest absolute Gasteiger partial charge is 0.0546 e. The van der Waals surface area contributed by atoms with Gasteiger partial charge in [-0.05, 0) is 174 Å². The molecular weight excluding hydrogens is 1160 g/mol. The van der Waals surface area contributed by atoms with E-state index in [1.54, 1.807) is 0 Å². The summed E-state index contributed by atoms with van der Waals surface area (Å²) in [7, 11) is 0. The highest BCUT2D eigenvalue weighted by molar-refractivity contribution is 6.17. The Morgan fingerprint density at radius 2 is 0.333 bits per heavy atom. The van der Waals surface area contributed by atoms with Gasteiger partial charge in [0, 0.05) is 66.4 Å². The van der Waals surface area contributed by atoms with Crippen molar-refractivity contribution in [2.75, 3.05) is 19.6 Å². The van der Waals surface area contributed by atoms with Gasteiger partial charge in [-0.25, -0.2) is 0 Å². The van der Waals surface area contributed by atoms with Gasteiger partial charge in [-0.15, -0.1) is 0 Å². The molecule has 0 atom stereocenters. The lowest BCUT2D eigenvalue weighted by Crippen LogP contribution is -2.13. The Morgan fingerprint density at radius 3 is 0.625 bits per heavy atom. The van der Waals surface area contributed by atoms with Crippen LogP contribution in [0.3, 0.4) is 0 Å². The van der Waals surface area contributed by atoms with Crippen molar-refractivity contribution in [3.05, 3.63) is 376 Å². The number of nitrogens with zero attached hydrogens (tertiary/aromatic N) is 4. The summed E-state index contributed by atoms with van der Waals surface area (Å²) < 4.78 is 0. The number of rotatable bonds is 13. The highest BCUT2D eigenvalue weighted by Crippen LogP contribution is 2.49. The first-order valence-corrected chi connectivity index (χ1v) is 33.0. The molecule has 4 heteroatoms. The van der Waals surface area contributed by atoms with Crippen molar-refractivity contribution >= 4 is 154 Å². The van der Waals surface area contributed by atoms with Crippen molar-refractivity contribution in [1.29, 1.82) is 0 Å². The maximum Gasteiger partial charge on any atom is 0.0546 e. The van der Waals surface area contributed by atoms with E-state index in [0.717, 1.165) is 79.4 Å². The van der Waals surface area contributed by atoms with Crippen molar-refractivity contribution in [1.82, 2.24) is 0 Å². The summed E-state index contributed by atoms with van der Waals surface area (Å²) in [6, 6.07) is 138. The first-order chi connectivity index (χ1) is 47.6. The zero-order valence-corrected chi connectivity index (χ0v) is 52.6. The van der Waals surface area contributed by atoms with Crippen molar-refractivity contribution in [2.45, 2.75) is 0 Å². The molecule has 0 aliphatic carbocycles. The fraction of sp³-hybridized carbons (Fsp3) is 0. The lowest BCUT2D eigenvalue weighted by atomic mass is 9.98. The zero-order valence-electron chi connectivity index (χ0n) is 52.6. The number of fused-ring (bicyclic) bond motifs is 10. The Morgan fingerprint density at radius 1 is 0.125 bits per heavy atom. The summed E-state index contributed by atoms with van der Waals surface area (Å²) in [5, 5.41) is 19.2. The lowest BCUT2D eigenvalue weighted by molar-refractivity contribution is 1.27. The van der Waals surface area contributed by atoms with Crippen molar-refractivity contribution in [2.24, 2.45) is 0 Å². The second kappa shape index (κ2) is 23.7. The second-order valence-corrected chi connectivity index (χ2v) is 24.8. The molecule has 0 amide bonds. The Bertz CT molecular complexity index is 5430. The number of benzene rings is 18. The fourth-order valence-electron chi connectivity index (χ4n) is 14.8. The molecule has 450 valence electrons. The van der Waals surface area contributed by atoms with Crippen LogP contribution in [0, 0.1) is 0 Å². The van der Waals surface area contributed by atoms with E-state index in [-0.39, 0.29) is 0 Å². The molecule has 0 radical (unpaired) electrons. The van der Waals surface area contributed by atoms with Gasteiger partial charge in [0.1, 0.15) is 0 Å². The third kappa shape index (κ3) is 9.78. The van der Waals surface area contributed by atoms with Gasteiger partial charge in [-0.1, -0.05) is 267 Å². The first kappa shape index (κ1) is 56.0. The predicted molar refractivity (Wildman–Crippen MR) is 411 cm³/mol. The Labute approximate surface area is 557 Å². The molecule has 0 N–H and O–H groups in total. The normalized spacial score (nSPS) is 11.5. The van der Waals surface area contributed by atoms with Crippen LogP contribution in [0.5, 0.6) is 0 Å². The molecule has 18 aromatic rings. The van der Waals surface area contributed by atoms with Gasteiger partial charge in [-0.3, -0.25) is 0 Å². The van der Waals surface area contributed by atoms with Crippen molar-refractivity contribution in [3.8, 4) is 11.1 Å². The van der Waals surface area contributed by atoms with E-state index in [4.69, 9.17) is 0 Å². The number of hydrogen-bond donors (Lipinski definition) is 0. The summed E-state index contributed by atoms with van der Waals surface area (Å²) in [5.41, 5.74) is 15.3. The second-order valence-electron chi connectivity index (χ2n) is 24.8. The van der Waals surface area contributed by atoms with Gasteiger partial charge in [0.2, 0.25) is 0 Å². The summed E-state index contributed by atoms with van der Waals surface area (Å²) in [6.07, 6.45) is 0. The Hall–Kier alpha value is -12.8.